The van der Waals surface area contributed by atoms with Crippen molar-refractivity contribution in [3.05, 3.63) is 0 Å². The number of hydrogen-bond acceptors (Lipinski definition) is 2. The van der Waals surface area contributed by atoms with Crippen LogP contribution in [-0.4, -0.2) is 25.8 Å². The first-order valence-electron chi connectivity index (χ1n) is 8.27. The summed E-state index contributed by atoms with van der Waals surface area (Å²) in [6, 6.07) is 0. The summed E-state index contributed by atoms with van der Waals surface area (Å²) in [6.07, 6.45) is 9.72. The lowest BCUT2D eigenvalue weighted by molar-refractivity contribution is -0.00344. The summed E-state index contributed by atoms with van der Waals surface area (Å²) in [5.41, 5.74) is 0.619. The first-order chi connectivity index (χ1) is 9.01. The van der Waals surface area contributed by atoms with Crippen molar-refractivity contribution >= 4 is 0 Å². The number of ether oxygens (including phenoxy) is 1. The SMILES string of the molecule is CCCNCC1(CCC(C)(C)OC)CC2CCC1C2. The van der Waals surface area contributed by atoms with Crippen LogP contribution in [0.2, 0.25) is 0 Å². The average molecular weight is 267 g/mol. The molecule has 2 rings (SSSR count). The van der Waals surface area contributed by atoms with Crippen LogP contribution in [0, 0.1) is 17.3 Å². The molecular formula is C17H33NO. The molecule has 19 heavy (non-hydrogen) atoms. The number of rotatable bonds is 8. The summed E-state index contributed by atoms with van der Waals surface area (Å²) in [5, 5.41) is 3.72. The van der Waals surface area contributed by atoms with E-state index < -0.39 is 0 Å². The van der Waals surface area contributed by atoms with Crippen LogP contribution in [0.3, 0.4) is 0 Å². The molecule has 0 spiro atoms. The van der Waals surface area contributed by atoms with Crippen LogP contribution in [0.4, 0.5) is 0 Å². The second-order valence-electron chi connectivity index (χ2n) is 7.58. The van der Waals surface area contributed by atoms with Gasteiger partial charge in [-0.25, -0.2) is 0 Å². The van der Waals surface area contributed by atoms with Crippen molar-refractivity contribution in [3.8, 4) is 0 Å². The zero-order valence-electron chi connectivity index (χ0n) is 13.4. The highest BCUT2D eigenvalue weighted by molar-refractivity contribution is 5.02. The van der Waals surface area contributed by atoms with Crippen LogP contribution in [0.15, 0.2) is 0 Å². The minimum Gasteiger partial charge on any atom is -0.379 e. The van der Waals surface area contributed by atoms with Crippen molar-refractivity contribution in [1.82, 2.24) is 5.32 Å². The first-order valence-corrected chi connectivity index (χ1v) is 8.27. The number of methoxy groups -OCH3 is 1. The molecule has 2 aliphatic carbocycles. The quantitative estimate of drug-likeness (QED) is 0.671. The monoisotopic (exact) mass is 267 g/mol. The van der Waals surface area contributed by atoms with Gasteiger partial charge >= 0.3 is 0 Å². The van der Waals surface area contributed by atoms with Crippen LogP contribution in [0.1, 0.15) is 65.7 Å². The molecule has 0 aliphatic heterocycles. The maximum atomic E-state index is 5.63. The standard InChI is InChI=1S/C17H33NO/c1-5-10-18-13-17(9-8-16(2,3)19-4)12-14-6-7-15(17)11-14/h14-15,18H,5-13H2,1-4H3. The molecule has 0 aromatic rings. The topological polar surface area (TPSA) is 21.3 Å². The fraction of sp³-hybridized carbons (Fsp3) is 1.00. The van der Waals surface area contributed by atoms with Crippen molar-refractivity contribution in [2.75, 3.05) is 20.2 Å². The van der Waals surface area contributed by atoms with Gasteiger partial charge in [-0.2, -0.15) is 0 Å². The van der Waals surface area contributed by atoms with Gasteiger partial charge < -0.3 is 10.1 Å². The van der Waals surface area contributed by atoms with Crippen LogP contribution >= 0.6 is 0 Å². The van der Waals surface area contributed by atoms with Crippen molar-refractivity contribution in [2.24, 2.45) is 17.3 Å². The smallest absolute Gasteiger partial charge is 0.0623 e. The maximum Gasteiger partial charge on any atom is 0.0623 e. The maximum absolute atomic E-state index is 5.63. The molecule has 0 heterocycles. The van der Waals surface area contributed by atoms with Gasteiger partial charge in [0, 0.05) is 13.7 Å². The third-order valence-electron chi connectivity index (χ3n) is 5.78. The van der Waals surface area contributed by atoms with Gasteiger partial charge in [-0.05, 0) is 76.2 Å². The van der Waals surface area contributed by atoms with E-state index in [1.54, 1.807) is 0 Å². The molecule has 0 aromatic heterocycles. The molecule has 2 fully saturated rings. The van der Waals surface area contributed by atoms with Gasteiger partial charge in [0.05, 0.1) is 5.60 Å². The molecule has 0 radical (unpaired) electrons. The Balaban J connectivity index is 1.95. The summed E-state index contributed by atoms with van der Waals surface area (Å²) in [4.78, 5) is 0. The fourth-order valence-electron chi connectivity index (χ4n) is 4.34. The summed E-state index contributed by atoms with van der Waals surface area (Å²) >= 11 is 0. The lowest BCUT2D eigenvalue weighted by atomic mass is 9.69. The molecule has 3 atom stereocenters. The summed E-state index contributed by atoms with van der Waals surface area (Å²) in [6.45, 7) is 9.13. The molecule has 0 amide bonds. The Morgan fingerprint density at radius 2 is 2.11 bits per heavy atom. The number of nitrogens with one attached hydrogen (secondary N) is 1. The van der Waals surface area contributed by atoms with Crippen LogP contribution in [0.5, 0.6) is 0 Å². The van der Waals surface area contributed by atoms with E-state index in [1.165, 1.54) is 58.0 Å². The first kappa shape index (κ1) is 15.3. The third-order valence-corrected chi connectivity index (χ3v) is 5.78. The highest BCUT2D eigenvalue weighted by Crippen LogP contribution is 2.58. The highest BCUT2D eigenvalue weighted by atomic mass is 16.5. The Morgan fingerprint density at radius 1 is 1.32 bits per heavy atom. The zero-order valence-corrected chi connectivity index (χ0v) is 13.4. The van der Waals surface area contributed by atoms with E-state index in [2.05, 4.69) is 26.1 Å². The van der Waals surface area contributed by atoms with Crippen LogP contribution in [0.25, 0.3) is 0 Å². The normalized spacial score (nSPS) is 34.1. The predicted molar refractivity (Wildman–Crippen MR) is 81.4 cm³/mol. The zero-order chi connectivity index (χ0) is 13.9. The molecule has 2 heteroatoms. The number of hydrogen-bond donors (Lipinski definition) is 1. The molecular weight excluding hydrogens is 234 g/mol. The molecule has 0 saturated heterocycles. The van der Waals surface area contributed by atoms with E-state index in [4.69, 9.17) is 4.74 Å². The van der Waals surface area contributed by atoms with E-state index in [1.807, 2.05) is 7.11 Å². The molecule has 3 unspecified atom stereocenters. The Labute approximate surface area is 119 Å². The van der Waals surface area contributed by atoms with Crippen LogP contribution < -0.4 is 5.32 Å². The lowest BCUT2D eigenvalue weighted by Crippen LogP contribution is -2.40. The summed E-state index contributed by atoms with van der Waals surface area (Å²) in [5.74, 6) is 2.01. The van der Waals surface area contributed by atoms with Crippen molar-refractivity contribution in [3.63, 3.8) is 0 Å². The molecule has 112 valence electrons. The summed E-state index contributed by atoms with van der Waals surface area (Å²) < 4.78 is 5.63. The molecule has 1 N–H and O–H groups in total. The molecule has 2 bridgehead atoms. The van der Waals surface area contributed by atoms with Crippen molar-refractivity contribution < 1.29 is 4.74 Å². The van der Waals surface area contributed by atoms with Crippen molar-refractivity contribution in [1.29, 1.82) is 0 Å². The second-order valence-corrected chi connectivity index (χ2v) is 7.58. The second kappa shape index (κ2) is 6.13. The average Bonchev–Trinajstić information content (AvgIpc) is 2.98. The summed E-state index contributed by atoms with van der Waals surface area (Å²) in [7, 11) is 1.85. The van der Waals surface area contributed by atoms with E-state index in [0.29, 0.717) is 5.41 Å². The van der Waals surface area contributed by atoms with Gasteiger partial charge in [0.2, 0.25) is 0 Å². The van der Waals surface area contributed by atoms with Crippen molar-refractivity contribution in [2.45, 2.75) is 71.3 Å². The van der Waals surface area contributed by atoms with Gasteiger partial charge in [0.15, 0.2) is 0 Å². The molecule has 2 saturated carbocycles. The van der Waals surface area contributed by atoms with E-state index in [9.17, 15) is 0 Å². The van der Waals surface area contributed by atoms with E-state index in [-0.39, 0.29) is 5.60 Å². The minimum absolute atomic E-state index is 0.0413. The van der Waals surface area contributed by atoms with Crippen LogP contribution in [-0.2, 0) is 4.74 Å². The largest absolute Gasteiger partial charge is 0.379 e. The van der Waals surface area contributed by atoms with E-state index >= 15 is 0 Å². The predicted octanol–water partition coefficient (Wildman–Crippen LogP) is 4.00. The highest BCUT2D eigenvalue weighted by Gasteiger charge is 2.50. The molecule has 0 aromatic carbocycles. The Morgan fingerprint density at radius 3 is 2.63 bits per heavy atom. The van der Waals surface area contributed by atoms with E-state index in [0.717, 1.165) is 11.8 Å². The van der Waals surface area contributed by atoms with Gasteiger partial charge in [0.25, 0.3) is 0 Å². The Kier molecular flexibility index (Phi) is 4.94. The lowest BCUT2D eigenvalue weighted by Gasteiger charge is -2.40. The fourth-order valence-corrected chi connectivity index (χ4v) is 4.34. The number of fused-ring (bicyclic) bond motifs is 2. The van der Waals surface area contributed by atoms with Gasteiger partial charge in [-0.15, -0.1) is 0 Å². The molecule has 2 aliphatic rings. The van der Waals surface area contributed by atoms with Gasteiger partial charge in [0.1, 0.15) is 0 Å². The van der Waals surface area contributed by atoms with Gasteiger partial charge in [-0.3, -0.25) is 0 Å². The Hall–Kier alpha value is -0.0800. The minimum atomic E-state index is 0.0413. The molecule has 2 nitrogen and oxygen atoms in total. The third kappa shape index (κ3) is 3.52. The Bertz CT molecular complexity index is 289. The van der Waals surface area contributed by atoms with Gasteiger partial charge in [-0.1, -0.05) is 13.3 Å².